The summed E-state index contributed by atoms with van der Waals surface area (Å²) >= 11 is 0. The van der Waals surface area contributed by atoms with E-state index in [1.165, 1.54) is 13.8 Å². The summed E-state index contributed by atoms with van der Waals surface area (Å²) < 4.78 is 17.6. The van der Waals surface area contributed by atoms with Crippen molar-refractivity contribution in [1.29, 1.82) is 0 Å². The summed E-state index contributed by atoms with van der Waals surface area (Å²) in [5.41, 5.74) is 1.57. The van der Waals surface area contributed by atoms with Crippen LogP contribution in [0.15, 0.2) is 23.3 Å². The lowest BCUT2D eigenvalue weighted by Gasteiger charge is -2.58. The summed E-state index contributed by atoms with van der Waals surface area (Å²) in [6, 6.07) is 0. The zero-order valence-electron chi connectivity index (χ0n) is 21.6. The number of ether oxygens (including phenoxy) is 3. The van der Waals surface area contributed by atoms with Gasteiger partial charge in [-0.3, -0.25) is 14.4 Å². The van der Waals surface area contributed by atoms with Crippen molar-refractivity contribution in [3.8, 4) is 0 Å². The quantitative estimate of drug-likeness (QED) is 0.367. The highest BCUT2D eigenvalue weighted by Gasteiger charge is 2.60. The van der Waals surface area contributed by atoms with Gasteiger partial charge >= 0.3 is 17.9 Å². The highest BCUT2D eigenvalue weighted by Crippen LogP contribution is 2.60. The summed E-state index contributed by atoms with van der Waals surface area (Å²) in [4.78, 5) is 36.7. The molecule has 7 atom stereocenters. The predicted octanol–water partition coefficient (Wildman–Crippen LogP) is 4.27. The molecule has 0 aliphatic heterocycles. The van der Waals surface area contributed by atoms with Gasteiger partial charge in [0.1, 0.15) is 18.3 Å². The smallest absolute Gasteiger partial charge is 0.305 e. The van der Waals surface area contributed by atoms with E-state index in [0.717, 1.165) is 11.1 Å². The van der Waals surface area contributed by atoms with Gasteiger partial charge in [0.15, 0.2) is 0 Å². The van der Waals surface area contributed by atoms with Gasteiger partial charge in [-0.25, -0.2) is 0 Å². The van der Waals surface area contributed by atoms with E-state index in [0.29, 0.717) is 31.3 Å². The number of hydrogen-bond donors (Lipinski definition) is 1. The molecule has 0 aromatic heterocycles. The summed E-state index contributed by atoms with van der Waals surface area (Å²) in [5.74, 6) is -1.92. The van der Waals surface area contributed by atoms with Crippen molar-refractivity contribution >= 4 is 17.9 Å². The number of rotatable bonds is 4. The molecule has 0 aromatic rings. The van der Waals surface area contributed by atoms with Gasteiger partial charge in [-0.15, -0.1) is 0 Å². The molecule has 190 valence electrons. The third-order valence-corrected chi connectivity index (χ3v) is 8.29. The normalized spacial score (nSPS) is 37.1. The number of fused-ring (bicyclic) bond motifs is 3. The van der Waals surface area contributed by atoms with Gasteiger partial charge in [-0.2, -0.15) is 0 Å². The van der Waals surface area contributed by atoms with Crippen molar-refractivity contribution in [3.05, 3.63) is 23.3 Å². The van der Waals surface area contributed by atoms with E-state index >= 15 is 0 Å². The molecule has 2 saturated carbocycles. The topological polar surface area (TPSA) is 99.1 Å². The number of esters is 3. The zero-order valence-corrected chi connectivity index (χ0v) is 21.6. The maximum absolute atomic E-state index is 12.4. The first-order chi connectivity index (χ1) is 15.7. The van der Waals surface area contributed by atoms with Crippen LogP contribution in [0.4, 0.5) is 0 Å². The van der Waals surface area contributed by atoms with Crippen LogP contribution >= 0.6 is 0 Å². The molecule has 34 heavy (non-hydrogen) atoms. The van der Waals surface area contributed by atoms with Crippen LogP contribution in [0.1, 0.15) is 80.6 Å². The second-order valence-corrected chi connectivity index (χ2v) is 11.2. The number of aliphatic hydroxyl groups is 1. The van der Waals surface area contributed by atoms with Gasteiger partial charge in [0.05, 0.1) is 6.10 Å². The average Bonchev–Trinajstić information content (AvgIpc) is 2.67. The Hall–Kier alpha value is -2.15. The molecule has 2 fully saturated rings. The summed E-state index contributed by atoms with van der Waals surface area (Å²) in [7, 11) is 0. The lowest BCUT2D eigenvalue weighted by Crippen LogP contribution is -2.60. The van der Waals surface area contributed by atoms with Gasteiger partial charge in [0.25, 0.3) is 0 Å². The van der Waals surface area contributed by atoms with Gasteiger partial charge < -0.3 is 19.3 Å². The zero-order chi connectivity index (χ0) is 25.6. The molecule has 2 bridgehead atoms. The van der Waals surface area contributed by atoms with E-state index in [9.17, 15) is 19.5 Å². The fourth-order valence-corrected chi connectivity index (χ4v) is 7.14. The molecule has 3 aliphatic rings. The third kappa shape index (κ3) is 4.68. The van der Waals surface area contributed by atoms with E-state index in [1.807, 2.05) is 20.8 Å². The van der Waals surface area contributed by atoms with E-state index in [-0.39, 0.29) is 18.3 Å². The van der Waals surface area contributed by atoms with Crippen LogP contribution in [0.25, 0.3) is 0 Å². The van der Waals surface area contributed by atoms with Crippen molar-refractivity contribution in [2.75, 3.05) is 0 Å². The van der Waals surface area contributed by atoms with Crippen molar-refractivity contribution in [1.82, 2.24) is 0 Å². The predicted molar refractivity (Wildman–Crippen MR) is 126 cm³/mol. The Morgan fingerprint density at radius 1 is 1.09 bits per heavy atom. The first kappa shape index (κ1) is 26.5. The molecule has 0 radical (unpaired) electrons. The van der Waals surface area contributed by atoms with Crippen LogP contribution in [0.3, 0.4) is 0 Å². The van der Waals surface area contributed by atoms with E-state index in [1.54, 1.807) is 6.92 Å². The standard InChI is InChI=1S/C27H40O7/c1-9-21(31)34-20-12-14(2)22-18(30)13-27(8)11-10-19(32-16(4)28)15(3)23(27)25(33-17(5)29)24(20)26(22,6)7/h18-20,23-25,30H,3,9-13H2,1-2,4-8H3/t18-,19-,20-,23-,24+,25-,27-/m0/s1. The molecule has 3 aliphatic carbocycles. The van der Waals surface area contributed by atoms with Crippen LogP contribution in [-0.4, -0.2) is 47.4 Å². The fourth-order valence-electron chi connectivity index (χ4n) is 7.14. The van der Waals surface area contributed by atoms with Crippen molar-refractivity contribution in [3.63, 3.8) is 0 Å². The molecule has 3 rings (SSSR count). The number of carbonyl (C=O) groups is 3. The second-order valence-electron chi connectivity index (χ2n) is 11.2. The first-order valence-corrected chi connectivity index (χ1v) is 12.3. The Morgan fingerprint density at radius 2 is 1.71 bits per heavy atom. The van der Waals surface area contributed by atoms with E-state index in [2.05, 4.69) is 13.5 Å². The summed E-state index contributed by atoms with van der Waals surface area (Å²) in [5, 5.41) is 11.5. The SMILES string of the molecule is C=C1[C@@H](OC(C)=O)CC[C@@]2(C)C[C@H](O)C3=C(C)C[C@H](OC(=O)CC)[C@H]([C@@H](OC(C)=O)[C@H]12)C3(C)C. The van der Waals surface area contributed by atoms with Crippen molar-refractivity contribution < 1.29 is 33.7 Å². The first-order valence-electron chi connectivity index (χ1n) is 12.3. The Morgan fingerprint density at radius 3 is 2.26 bits per heavy atom. The van der Waals surface area contributed by atoms with Gasteiger partial charge in [0, 0.05) is 38.5 Å². The minimum atomic E-state index is -0.691. The highest BCUT2D eigenvalue weighted by atomic mass is 16.6. The molecule has 1 N–H and O–H groups in total. The lowest BCUT2D eigenvalue weighted by atomic mass is 9.50. The molecule has 0 aromatic carbocycles. The summed E-state index contributed by atoms with van der Waals surface area (Å²) in [6.45, 7) is 17.0. The van der Waals surface area contributed by atoms with E-state index < -0.39 is 53.1 Å². The summed E-state index contributed by atoms with van der Waals surface area (Å²) in [6.07, 6.45) is 0.0717. The number of aliphatic hydroxyl groups excluding tert-OH is 1. The van der Waals surface area contributed by atoms with Crippen LogP contribution in [0.2, 0.25) is 0 Å². The molecule has 7 heteroatoms. The Kier molecular flexibility index (Phi) is 7.38. The second kappa shape index (κ2) is 9.48. The molecule has 7 nitrogen and oxygen atoms in total. The molecular formula is C27H40O7. The largest absolute Gasteiger partial charge is 0.462 e. The minimum Gasteiger partial charge on any atom is -0.462 e. The van der Waals surface area contributed by atoms with Crippen molar-refractivity contribution in [2.24, 2.45) is 22.7 Å². The van der Waals surface area contributed by atoms with Crippen LogP contribution in [0.5, 0.6) is 0 Å². The molecule has 0 saturated heterocycles. The van der Waals surface area contributed by atoms with Crippen LogP contribution < -0.4 is 0 Å². The minimum absolute atomic E-state index is 0.239. The third-order valence-electron chi connectivity index (χ3n) is 8.29. The lowest BCUT2D eigenvalue weighted by molar-refractivity contribution is -0.184. The molecule has 0 heterocycles. The molecule has 0 amide bonds. The Bertz CT molecular complexity index is 901. The van der Waals surface area contributed by atoms with Gasteiger partial charge in [-0.05, 0) is 48.2 Å². The van der Waals surface area contributed by atoms with Crippen molar-refractivity contribution in [2.45, 2.75) is 105 Å². The van der Waals surface area contributed by atoms with Gasteiger partial charge in [-0.1, -0.05) is 39.8 Å². The Balaban J connectivity index is 2.22. The Labute approximate surface area is 202 Å². The number of hydrogen-bond acceptors (Lipinski definition) is 7. The fraction of sp³-hybridized carbons (Fsp3) is 0.741. The monoisotopic (exact) mass is 476 g/mol. The highest BCUT2D eigenvalue weighted by molar-refractivity contribution is 5.69. The maximum Gasteiger partial charge on any atom is 0.305 e. The van der Waals surface area contributed by atoms with Crippen LogP contribution in [0, 0.1) is 22.7 Å². The molecule has 0 unspecified atom stereocenters. The van der Waals surface area contributed by atoms with E-state index in [4.69, 9.17) is 14.2 Å². The maximum atomic E-state index is 12.4. The average molecular weight is 477 g/mol. The molecule has 0 spiro atoms. The van der Waals surface area contributed by atoms with Crippen LogP contribution in [-0.2, 0) is 28.6 Å². The number of carbonyl (C=O) groups excluding carboxylic acids is 3. The molecular weight excluding hydrogens is 436 g/mol. The van der Waals surface area contributed by atoms with Gasteiger partial charge in [0.2, 0.25) is 0 Å².